The average molecular weight is 330 g/mol. The second-order valence-electron chi connectivity index (χ2n) is 6.60. The van der Waals surface area contributed by atoms with Crippen LogP contribution in [0.15, 0.2) is 0 Å². The first kappa shape index (κ1) is 28.0. The van der Waals surface area contributed by atoms with Gasteiger partial charge < -0.3 is 19.8 Å². The van der Waals surface area contributed by atoms with Crippen molar-refractivity contribution in [2.45, 2.75) is 79.1 Å². The molecule has 0 aromatic carbocycles. The van der Waals surface area contributed by atoms with Gasteiger partial charge in [-0.2, -0.15) is 0 Å². The first-order valence-electron chi connectivity index (χ1n) is 7.63. The molecule has 0 N–H and O–H groups in total. The summed E-state index contributed by atoms with van der Waals surface area (Å²) in [5, 5.41) is 22.8. The van der Waals surface area contributed by atoms with Crippen LogP contribution in [0.3, 0.4) is 0 Å². The number of carboxylic acid groups (broad SMARTS) is 2. The molecule has 22 heavy (non-hydrogen) atoms. The van der Waals surface area contributed by atoms with Gasteiger partial charge in [0.15, 0.2) is 0 Å². The van der Waals surface area contributed by atoms with Crippen LogP contribution in [-0.4, -0.2) is 11.9 Å². The van der Waals surface area contributed by atoms with Gasteiger partial charge in [-0.05, 0) is 11.8 Å². The summed E-state index contributed by atoms with van der Waals surface area (Å²) in [4.78, 5) is 22.8. The van der Waals surface area contributed by atoms with Crippen LogP contribution in [0.2, 0.25) is 0 Å². The van der Waals surface area contributed by atoms with Gasteiger partial charge in [0.2, 0.25) is 0 Å². The fourth-order valence-electron chi connectivity index (χ4n) is 2.62. The second kappa shape index (κ2) is 13.5. The molecule has 118 valence electrons. The Morgan fingerprint density at radius 3 is 1.50 bits per heavy atom. The molecule has 0 unspecified atom stereocenters. The van der Waals surface area contributed by atoms with Crippen molar-refractivity contribution < 1.29 is 90.0 Å². The quantitative estimate of drug-likeness (QED) is 0.230. The molecule has 0 bridgehead atoms. The Morgan fingerprint density at radius 1 is 0.818 bits per heavy atom. The maximum Gasteiger partial charge on any atom is 1.00 e. The zero-order chi connectivity index (χ0) is 15.8. The molecule has 0 atom stereocenters. The molecule has 0 rings (SSSR count). The Hall–Kier alpha value is 1.17. The van der Waals surface area contributed by atoms with Crippen LogP contribution in [-0.2, 0) is 9.59 Å². The average Bonchev–Trinajstić information content (AvgIpc) is 2.30. The molecule has 0 saturated heterocycles. The third kappa shape index (κ3) is 8.32. The second-order valence-corrected chi connectivity index (χ2v) is 6.60. The largest absolute Gasteiger partial charge is 1.00 e. The zero-order valence-electron chi connectivity index (χ0n) is 15.3. The summed E-state index contributed by atoms with van der Waals surface area (Å²) in [6, 6.07) is 0. The van der Waals surface area contributed by atoms with Crippen LogP contribution in [0.25, 0.3) is 0 Å². The number of carbonyl (C=O) groups is 2. The van der Waals surface area contributed by atoms with E-state index in [-0.39, 0.29) is 76.7 Å². The maximum absolute atomic E-state index is 11.4. The standard InChI is InChI=1S/C16H30O4.K.Li/c1-5-6-7-8-9-10-11-12-16(13(17)18,14(19)20)15(2,3)4;;/h5-12H2,1-4H3,(H,17,18)(H,19,20);;/q;2*+1/p-2. The van der Waals surface area contributed by atoms with E-state index < -0.39 is 22.8 Å². The minimum atomic E-state index is -1.91. The molecule has 0 radical (unpaired) electrons. The summed E-state index contributed by atoms with van der Waals surface area (Å²) in [5.74, 6) is -3.06. The molecule has 0 spiro atoms. The summed E-state index contributed by atoms with van der Waals surface area (Å²) in [7, 11) is 0. The number of hydrogen-bond donors (Lipinski definition) is 0. The van der Waals surface area contributed by atoms with Gasteiger partial charge in [-0.1, -0.05) is 72.6 Å². The molecule has 6 heteroatoms. The van der Waals surface area contributed by atoms with E-state index in [1.54, 1.807) is 20.8 Å². The molecule has 0 aliphatic heterocycles. The van der Waals surface area contributed by atoms with Crippen LogP contribution >= 0.6 is 0 Å². The van der Waals surface area contributed by atoms with Gasteiger partial charge in [0.25, 0.3) is 0 Å². The van der Waals surface area contributed by atoms with Crippen LogP contribution in [0.1, 0.15) is 79.1 Å². The van der Waals surface area contributed by atoms with Gasteiger partial charge in [-0.15, -0.1) is 0 Å². The van der Waals surface area contributed by atoms with Crippen molar-refractivity contribution in [1.29, 1.82) is 0 Å². The number of unbranched alkanes of at least 4 members (excludes halogenated alkanes) is 6. The monoisotopic (exact) mass is 330 g/mol. The smallest absolute Gasteiger partial charge is 0.549 e. The predicted molar refractivity (Wildman–Crippen MR) is 74.5 cm³/mol. The zero-order valence-corrected chi connectivity index (χ0v) is 18.4. The van der Waals surface area contributed by atoms with Crippen molar-refractivity contribution in [2.24, 2.45) is 10.8 Å². The van der Waals surface area contributed by atoms with Crippen molar-refractivity contribution in [3.63, 3.8) is 0 Å². The Bertz CT molecular complexity index is 313. The number of hydrogen-bond acceptors (Lipinski definition) is 4. The minimum absolute atomic E-state index is 0. The Morgan fingerprint density at radius 2 is 1.18 bits per heavy atom. The normalized spacial score (nSPS) is 11.3. The minimum Gasteiger partial charge on any atom is -0.549 e. The van der Waals surface area contributed by atoms with Gasteiger partial charge in [0.05, 0.1) is 17.4 Å². The van der Waals surface area contributed by atoms with E-state index in [4.69, 9.17) is 0 Å². The van der Waals surface area contributed by atoms with Crippen molar-refractivity contribution in [1.82, 2.24) is 0 Å². The van der Waals surface area contributed by atoms with Gasteiger partial charge in [-0.25, -0.2) is 0 Å². The molecular formula is C16H28KLiO4. The molecule has 0 amide bonds. The van der Waals surface area contributed by atoms with Gasteiger partial charge >= 0.3 is 70.2 Å². The molecule has 4 nitrogen and oxygen atoms in total. The Labute approximate surface area is 189 Å². The summed E-state index contributed by atoms with van der Waals surface area (Å²) in [6.45, 7) is 6.98. The molecule has 0 aliphatic rings. The fraction of sp³-hybridized carbons (Fsp3) is 0.875. The third-order valence-corrected chi connectivity index (χ3v) is 4.13. The van der Waals surface area contributed by atoms with Crippen LogP contribution < -0.4 is 80.5 Å². The first-order chi connectivity index (χ1) is 9.20. The molecule has 0 aliphatic carbocycles. The predicted octanol–water partition coefficient (Wildman–Crippen LogP) is -4.33. The summed E-state index contributed by atoms with van der Waals surface area (Å²) in [5.41, 5.74) is -2.83. The summed E-state index contributed by atoms with van der Waals surface area (Å²) in [6.07, 6.45) is 7.21. The van der Waals surface area contributed by atoms with Crippen molar-refractivity contribution in [3.8, 4) is 0 Å². The summed E-state index contributed by atoms with van der Waals surface area (Å²) >= 11 is 0. The Balaban J connectivity index is -0.00000180. The van der Waals surface area contributed by atoms with E-state index in [1.807, 2.05) is 0 Å². The number of rotatable bonds is 10. The molecule has 0 saturated carbocycles. The van der Waals surface area contributed by atoms with E-state index in [0.717, 1.165) is 19.3 Å². The maximum atomic E-state index is 11.4. The molecule has 0 heterocycles. The van der Waals surface area contributed by atoms with Crippen molar-refractivity contribution in [3.05, 3.63) is 0 Å². The first-order valence-corrected chi connectivity index (χ1v) is 7.63. The topological polar surface area (TPSA) is 80.3 Å². The van der Waals surface area contributed by atoms with E-state index in [9.17, 15) is 19.8 Å². The van der Waals surface area contributed by atoms with Crippen LogP contribution in [0.4, 0.5) is 0 Å². The Kier molecular flexibility index (Phi) is 17.1. The number of carboxylic acids is 2. The van der Waals surface area contributed by atoms with E-state index >= 15 is 0 Å². The molecular weight excluding hydrogens is 302 g/mol. The van der Waals surface area contributed by atoms with E-state index in [1.165, 1.54) is 19.3 Å². The van der Waals surface area contributed by atoms with E-state index in [0.29, 0.717) is 6.42 Å². The molecule has 0 fully saturated rings. The van der Waals surface area contributed by atoms with Crippen LogP contribution in [0, 0.1) is 10.8 Å². The SMILES string of the molecule is CCCCCCCCCC(C(=O)[O-])(C(=O)[O-])C(C)(C)C.[K+].[Li+]. The van der Waals surface area contributed by atoms with Crippen molar-refractivity contribution in [2.75, 3.05) is 0 Å². The van der Waals surface area contributed by atoms with Crippen LogP contribution in [0.5, 0.6) is 0 Å². The molecule has 0 aromatic rings. The third-order valence-electron chi connectivity index (χ3n) is 4.13. The number of carbonyl (C=O) groups excluding carboxylic acids is 2. The fourth-order valence-corrected chi connectivity index (χ4v) is 2.62. The summed E-state index contributed by atoms with van der Waals surface area (Å²) < 4.78 is 0. The molecule has 0 aromatic heterocycles. The van der Waals surface area contributed by atoms with E-state index in [2.05, 4.69) is 6.92 Å². The van der Waals surface area contributed by atoms with Crippen molar-refractivity contribution >= 4 is 11.9 Å². The number of aliphatic carboxylic acids is 2. The van der Waals surface area contributed by atoms with Gasteiger partial charge in [0.1, 0.15) is 0 Å². The van der Waals surface area contributed by atoms with Gasteiger partial charge in [-0.3, -0.25) is 0 Å². The van der Waals surface area contributed by atoms with Gasteiger partial charge in [0, 0.05) is 0 Å².